The van der Waals surface area contributed by atoms with Gasteiger partial charge in [0.15, 0.2) is 0 Å². The van der Waals surface area contributed by atoms with Crippen LogP contribution in [-0.4, -0.2) is 138 Å². The van der Waals surface area contributed by atoms with Gasteiger partial charge in [-0.2, -0.15) is 0 Å². The van der Waals surface area contributed by atoms with E-state index in [0.717, 1.165) is 0 Å². The summed E-state index contributed by atoms with van der Waals surface area (Å²) in [6, 6.07) is 0. The maximum Gasteiger partial charge on any atom is 3.00 e. The van der Waals surface area contributed by atoms with Gasteiger partial charge < -0.3 is 47.9 Å². The van der Waals surface area contributed by atoms with Crippen molar-refractivity contribution in [1.82, 2.24) is 0 Å². The van der Waals surface area contributed by atoms with Crippen LogP contribution in [-0.2, 0) is 13.4 Å². The fraction of sp³-hybridized carbons (Fsp3) is 0. The van der Waals surface area contributed by atoms with Crippen molar-refractivity contribution >= 4 is 138 Å². The second-order valence-corrected chi connectivity index (χ2v) is 2.25. The van der Waals surface area contributed by atoms with Crippen molar-refractivity contribution in [2.45, 2.75) is 0 Å². The molecule has 18 heavy (non-hydrogen) atoms. The second-order valence-electron chi connectivity index (χ2n) is 0.750. The van der Waals surface area contributed by atoms with E-state index < -0.39 is 27.5 Å². The summed E-state index contributed by atoms with van der Waals surface area (Å²) in [5.41, 5.74) is 0. The first-order valence-corrected chi connectivity index (χ1v) is 5.51. The molecule has 0 radical (unpaired) electrons. The first kappa shape index (κ1) is 59.2. The van der Waals surface area contributed by atoms with Crippen molar-refractivity contribution in [3.05, 3.63) is 0 Å². The Balaban J connectivity index is -0.00000000409. The minimum Gasteiger partial charge on any atom is -1.00 e. The monoisotopic (exact) mass is 406 g/mol. The smallest absolute Gasteiger partial charge is 1.00 e. The predicted molar refractivity (Wildman–Crippen MR) is 51.8 cm³/mol. The number of hydrogen-bond donors (Lipinski definition) is 0. The maximum atomic E-state index is 8.52. The SMILES string of the molecule is F.F.O=[Si]([O-])[O-].O=[Si]([O-])[O-].O=[Si]([O-])[O-].[Al+3].[Al+3].[Ca+2].[Ca+2].[H-].[H-].[H-].[H-]. The quantitative estimate of drug-likeness (QED) is 0.351. The van der Waals surface area contributed by atoms with E-state index in [4.69, 9.17) is 42.2 Å². The molecule has 0 saturated carbocycles. The van der Waals surface area contributed by atoms with Crippen LogP contribution in [0.25, 0.3) is 0 Å². The third kappa shape index (κ3) is 1040. The van der Waals surface area contributed by atoms with Gasteiger partial charge in [0.05, 0.1) is 0 Å². The van der Waals surface area contributed by atoms with Gasteiger partial charge in [-0.15, -0.1) is 0 Å². The van der Waals surface area contributed by atoms with E-state index >= 15 is 0 Å². The van der Waals surface area contributed by atoms with Crippen molar-refractivity contribution in [2.24, 2.45) is 0 Å². The molecular weight excluding hydrogens is 400 g/mol. The van der Waals surface area contributed by atoms with Gasteiger partial charge in [-0.25, -0.2) is 0 Å². The van der Waals surface area contributed by atoms with Crippen LogP contribution in [0.2, 0.25) is 0 Å². The molecule has 0 aromatic heterocycles. The topological polar surface area (TPSA) is 190 Å². The Morgan fingerprint density at radius 3 is 0.556 bits per heavy atom. The van der Waals surface area contributed by atoms with E-state index in [1.165, 1.54) is 0 Å². The Hall–Kier alpha value is 2.30. The molecule has 0 aliphatic rings. The van der Waals surface area contributed by atoms with E-state index in [1.54, 1.807) is 0 Å². The Morgan fingerprint density at radius 1 is 0.556 bits per heavy atom. The predicted octanol–water partition coefficient (Wildman–Crippen LogP) is -9.40. The molecule has 0 aromatic carbocycles. The minimum absolute atomic E-state index is 0. The van der Waals surface area contributed by atoms with Crippen LogP contribution >= 0.6 is 0 Å². The summed E-state index contributed by atoms with van der Waals surface area (Å²) in [5.74, 6) is 0. The molecule has 0 aromatic rings. The van der Waals surface area contributed by atoms with Gasteiger partial charge in [0, 0.05) is 27.5 Å². The molecule has 0 N–H and O–H groups in total. The van der Waals surface area contributed by atoms with E-state index in [9.17, 15) is 0 Å². The van der Waals surface area contributed by atoms with Crippen molar-refractivity contribution in [3.8, 4) is 0 Å². The molecule has 9 nitrogen and oxygen atoms in total. The molecule has 96 valence electrons. The molecule has 0 unspecified atom stereocenters. The summed E-state index contributed by atoms with van der Waals surface area (Å²) in [5, 5.41) is 0. The summed E-state index contributed by atoms with van der Waals surface area (Å²) in [4.78, 5) is 51.1. The molecule has 18 heteroatoms. The first-order valence-electron chi connectivity index (χ1n) is 1.84. The molecular formula is H6Al2Ca2F2O9Si3. The van der Waals surface area contributed by atoms with E-state index in [-0.39, 0.29) is 125 Å². The maximum absolute atomic E-state index is 8.52. The van der Waals surface area contributed by atoms with E-state index in [0.29, 0.717) is 0 Å². The molecule has 0 amide bonds. The minimum atomic E-state index is -3.63. The van der Waals surface area contributed by atoms with Gasteiger partial charge >= 0.3 is 110 Å². The van der Waals surface area contributed by atoms with Crippen molar-refractivity contribution in [1.29, 1.82) is 0 Å². The number of rotatable bonds is 0. The van der Waals surface area contributed by atoms with E-state index in [2.05, 4.69) is 0 Å². The van der Waals surface area contributed by atoms with Crippen LogP contribution in [0.4, 0.5) is 9.41 Å². The van der Waals surface area contributed by atoms with Gasteiger partial charge in [0.25, 0.3) is 0 Å². The second kappa shape index (κ2) is 50.6. The molecule has 0 aliphatic heterocycles. The van der Waals surface area contributed by atoms with Crippen LogP contribution < -0.4 is 28.8 Å². The fourth-order valence-corrected chi connectivity index (χ4v) is 0. The largest absolute Gasteiger partial charge is 3.00 e. The third-order valence-corrected chi connectivity index (χ3v) is 0. The molecule has 0 atom stereocenters. The summed E-state index contributed by atoms with van der Waals surface area (Å²) < 4.78 is 25.6. The zero-order valence-corrected chi connectivity index (χ0v) is 18.3. The molecule has 0 aliphatic carbocycles. The Morgan fingerprint density at radius 2 is 0.556 bits per heavy atom. The van der Waals surface area contributed by atoms with Gasteiger partial charge in [-0.1, -0.05) is 0 Å². The Bertz CT molecular complexity index is 148. The van der Waals surface area contributed by atoms with Gasteiger partial charge in [0.2, 0.25) is 0 Å². The van der Waals surface area contributed by atoms with Crippen molar-refractivity contribution in [2.75, 3.05) is 0 Å². The molecule has 0 spiro atoms. The van der Waals surface area contributed by atoms with Gasteiger partial charge in [0.1, 0.15) is 0 Å². The van der Waals surface area contributed by atoms with Crippen molar-refractivity contribution < 1.29 is 57.3 Å². The number of halogens is 2. The van der Waals surface area contributed by atoms with Gasteiger partial charge in [-0.05, 0) is 0 Å². The Kier molecular flexibility index (Phi) is 167. The third-order valence-electron chi connectivity index (χ3n) is 0. The summed E-state index contributed by atoms with van der Waals surface area (Å²) in [6.07, 6.45) is 0. The normalized spacial score (nSPS) is 4.00. The van der Waals surface area contributed by atoms with Crippen LogP contribution in [0, 0.1) is 0 Å². The molecule has 0 rings (SSSR count). The molecule has 0 saturated heterocycles. The summed E-state index contributed by atoms with van der Waals surface area (Å²) in [7, 11) is -10.9. The standard InChI is InChI=1S/2Al.2Ca.2FH.3O3Si.4H/c;;;;;;3*1-4(2)3;;;;/h;;;;2*1H;;;;;;;/q2*+3;2*+2;;;3*-2;4*-1. The zero-order chi connectivity index (χ0) is 10.7. The summed E-state index contributed by atoms with van der Waals surface area (Å²) >= 11 is 0. The van der Waals surface area contributed by atoms with E-state index in [1.807, 2.05) is 0 Å². The average molecular weight is 406 g/mol. The molecule has 0 fully saturated rings. The first-order chi connectivity index (χ1) is 5.20. The van der Waals surface area contributed by atoms with Crippen LogP contribution in [0.15, 0.2) is 0 Å². The molecule has 0 bridgehead atoms. The van der Waals surface area contributed by atoms with Crippen LogP contribution in [0.3, 0.4) is 0 Å². The van der Waals surface area contributed by atoms with Crippen molar-refractivity contribution in [3.63, 3.8) is 0 Å². The van der Waals surface area contributed by atoms with Crippen LogP contribution in [0.5, 0.6) is 0 Å². The molecule has 0 heterocycles. The average Bonchev–Trinajstić information content (AvgIpc) is 1.54. The Labute approximate surface area is 192 Å². The van der Waals surface area contributed by atoms with Crippen LogP contribution in [0.1, 0.15) is 5.71 Å². The van der Waals surface area contributed by atoms with Gasteiger partial charge in [-0.3, -0.25) is 9.41 Å². The fourth-order valence-electron chi connectivity index (χ4n) is 0. The summed E-state index contributed by atoms with van der Waals surface area (Å²) in [6.45, 7) is 0. The zero-order valence-electron chi connectivity index (χ0n) is 12.6. The number of hydrogen-bond acceptors (Lipinski definition) is 9.